The maximum atomic E-state index is 12.7. The molecule has 7 heteroatoms. The topological polar surface area (TPSA) is 63.6 Å². The number of carbonyl (C=O) groups is 2. The zero-order valence-corrected chi connectivity index (χ0v) is 11.4. The highest BCUT2D eigenvalue weighted by Crippen LogP contribution is 2.33. The first-order valence-corrected chi connectivity index (χ1v) is 6.34. The molecule has 0 atom stereocenters. The average molecular weight is 304 g/mol. The van der Waals surface area contributed by atoms with Crippen molar-refractivity contribution in [1.82, 2.24) is 0 Å². The Morgan fingerprint density at radius 2 is 1.90 bits per heavy atom. The fraction of sp³-hybridized carbons (Fsp3) is 0.429. The molecule has 0 aromatic heterocycles. The third-order valence-corrected chi connectivity index (χ3v) is 2.70. The van der Waals surface area contributed by atoms with Gasteiger partial charge in [0.05, 0.1) is 17.7 Å². The average Bonchev–Trinajstić information content (AvgIpc) is 2.37. The lowest BCUT2D eigenvalue weighted by atomic mass is 10.0. The number of alkyl halides is 3. The Kier molecular flexibility index (Phi) is 5.75. The minimum Gasteiger partial charge on any atom is -0.493 e. The second-order valence-corrected chi connectivity index (χ2v) is 4.31. The standard InChI is InChI=1S/C14H15F3O4/c1-2-21-12-7-6-9(14(15,16)17)8-10(12)11(18)4-3-5-13(19)20/h6-8H,2-5H2,1H3,(H,19,20). The second kappa shape index (κ2) is 7.10. The van der Waals surface area contributed by atoms with Gasteiger partial charge < -0.3 is 9.84 Å². The zero-order valence-electron chi connectivity index (χ0n) is 11.4. The summed E-state index contributed by atoms with van der Waals surface area (Å²) < 4.78 is 43.2. The fourth-order valence-electron chi connectivity index (χ4n) is 1.74. The molecule has 1 aromatic rings. The highest BCUT2D eigenvalue weighted by molar-refractivity contribution is 5.99. The molecule has 0 aliphatic rings. The molecule has 0 aliphatic heterocycles. The lowest BCUT2D eigenvalue weighted by Gasteiger charge is -2.13. The minimum atomic E-state index is -4.55. The smallest absolute Gasteiger partial charge is 0.416 e. The maximum absolute atomic E-state index is 12.7. The number of rotatable bonds is 7. The number of ether oxygens (including phenoxy) is 1. The first kappa shape index (κ1) is 17.0. The molecule has 1 N–H and O–H groups in total. The quantitative estimate of drug-likeness (QED) is 0.783. The molecule has 0 amide bonds. The third-order valence-electron chi connectivity index (χ3n) is 2.70. The van der Waals surface area contributed by atoms with Crippen molar-refractivity contribution in [3.8, 4) is 5.75 Å². The van der Waals surface area contributed by atoms with Crippen LogP contribution >= 0.6 is 0 Å². The molecule has 4 nitrogen and oxygen atoms in total. The van der Waals surface area contributed by atoms with Crippen molar-refractivity contribution in [3.63, 3.8) is 0 Å². The SMILES string of the molecule is CCOc1ccc(C(F)(F)F)cc1C(=O)CCCC(=O)O. The summed E-state index contributed by atoms with van der Waals surface area (Å²) in [5, 5.41) is 8.50. The summed E-state index contributed by atoms with van der Waals surface area (Å²) in [7, 11) is 0. The number of carboxylic acids is 1. The first-order chi connectivity index (χ1) is 9.75. The van der Waals surface area contributed by atoms with Crippen LogP contribution in [0.2, 0.25) is 0 Å². The van der Waals surface area contributed by atoms with Crippen molar-refractivity contribution in [2.75, 3.05) is 6.61 Å². The third kappa shape index (κ3) is 5.09. The number of hydrogen-bond donors (Lipinski definition) is 1. The predicted molar refractivity (Wildman–Crippen MR) is 68.4 cm³/mol. The van der Waals surface area contributed by atoms with Crippen LogP contribution in [0.3, 0.4) is 0 Å². The molecule has 1 aromatic carbocycles. The summed E-state index contributed by atoms with van der Waals surface area (Å²) in [6, 6.07) is 2.70. The van der Waals surface area contributed by atoms with Crippen LogP contribution in [0.25, 0.3) is 0 Å². The van der Waals surface area contributed by atoms with E-state index in [2.05, 4.69) is 0 Å². The van der Waals surface area contributed by atoms with E-state index in [1.54, 1.807) is 6.92 Å². The molecular formula is C14H15F3O4. The highest BCUT2D eigenvalue weighted by atomic mass is 19.4. The maximum Gasteiger partial charge on any atom is 0.416 e. The van der Waals surface area contributed by atoms with E-state index in [1.807, 2.05) is 0 Å². The molecule has 1 rings (SSSR count). The van der Waals surface area contributed by atoms with E-state index in [0.29, 0.717) is 0 Å². The summed E-state index contributed by atoms with van der Waals surface area (Å²) in [5.74, 6) is -1.55. The Morgan fingerprint density at radius 1 is 1.24 bits per heavy atom. The van der Waals surface area contributed by atoms with Crippen LogP contribution in [-0.4, -0.2) is 23.5 Å². The molecule has 0 unspecified atom stereocenters. The van der Waals surface area contributed by atoms with Crippen molar-refractivity contribution in [2.24, 2.45) is 0 Å². The Balaban J connectivity index is 2.99. The van der Waals surface area contributed by atoms with Crippen LogP contribution in [0.5, 0.6) is 5.75 Å². The van der Waals surface area contributed by atoms with Gasteiger partial charge in [0.1, 0.15) is 5.75 Å². The zero-order chi connectivity index (χ0) is 16.0. The van der Waals surface area contributed by atoms with Crippen molar-refractivity contribution < 1.29 is 32.6 Å². The van der Waals surface area contributed by atoms with Gasteiger partial charge in [0.15, 0.2) is 5.78 Å². The van der Waals surface area contributed by atoms with Gasteiger partial charge in [0.2, 0.25) is 0 Å². The molecule has 0 spiro atoms. The van der Waals surface area contributed by atoms with Gasteiger partial charge in [0, 0.05) is 12.8 Å². The number of carbonyl (C=O) groups excluding carboxylic acids is 1. The van der Waals surface area contributed by atoms with Crippen LogP contribution in [0, 0.1) is 0 Å². The van der Waals surface area contributed by atoms with E-state index in [0.717, 1.165) is 18.2 Å². The lowest BCUT2D eigenvalue weighted by molar-refractivity contribution is -0.138. The Labute approximate surface area is 119 Å². The number of carboxylic acid groups (broad SMARTS) is 1. The van der Waals surface area contributed by atoms with E-state index in [1.165, 1.54) is 0 Å². The van der Waals surface area contributed by atoms with Crippen molar-refractivity contribution in [1.29, 1.82) is 0 Å². The van der Waals surface area contributed by atoms with Crippen LogP contribution in [0.4, 0.5) is 13.2 Å². The summed E-state index contributed by atoms with van der Waals surface area (Å²) in [5.41, 5.74) is -1.11. The van der Waals surface area contributed by atoms with Gasteiger partial charge in [-0.1, -0.05) is 0 Å². The second-order valence-electron chi connectivity index (χ2n) is 4.31. The number of hydrogen-bond acceptors (Lipinski definition) is 3. The van der Waals surface area contributed by atoms with Gasteiger partial charge in [-0.05, 0) is 31.5 Å². The first-order valence-electron chi connectivity index (χ1n) is 6.34. The summed E-state index contributed by atoms with van der Waals surface area (Å²) >= 11 is 0. The number of ketones is 1. The molecule has 0 saturated heterocycles. The molecular weight excluding hydrogens is 289 g/mol. The van der Waals surface area contributed by atoms with E-state index in [-0.39, 0.29) is 37.2 Å². The van der Waals surface area contributed by atoms with Crippen LogP contribution in [-0.2, 0) is 11.0 Å². The number of aliphatic carboxylic acids is 1. The van der Waals surface area contributed by atoms with E-state index in [9.17, 15) is 22.8 Å². The van der Waals surface area contributed by atoms with Crippen LogP contribution in [0.15, 0.2) is 18.2 Å². The van der Waals surface area contributed by atoms with Gasteiger partial charge >= 0.3 is 12.1 Å². The van der Waals surface area contributed by atoms with Crippen molar-refractivity contribution in [3.05, 3.63) is 29.3 Å². The molecule has 0 fully saturated rings. The number of benzene rings is 1. The summed E-state index contributed by atoms with van der Waals surface area (Å²) in [6.45, 7) is 1.86. The molecule has 116 valence electrons. The fourth-order valence-corrected chi connectivity index (χ4v) is 1.74. The van der Waals surface area contributed by atoms with Gasteiger partial charge in [-0.15, -0.1) is 0 Å². The van der Waals surface area contributed by atoms with Gasteiger partial charge in [-0.25, -0.2) is 0 Å². The summed E-state index contributed by atoms with van der Waals surface area (Å²) in [6.07, 6.45) is -4.85. The van der Waals surface area contributed by atoms with Crippen LogP contribution in [0.1, 0.15) is 42.1 Å². The molecule has 0 heterocycles. The Morgan fingerprint density at radius 3 is 2.43 bits per heavy atom. The van der Waals surface area contributed by atoms with E-state index in [4.69, 9.17) is 9.84 Å². The van der Waals surface area contributed by atoms with E-state index >= 15 is 0 Å². The van der Waals surface area contributed by atoms with Crippen molar-refractivity contribution in [2.45, 2.75) is 32.4 Å². The minimum absolute atomic E-state index is 0.0655. The van der Waals surface area contributed by atoms with Gasteiger partial charge in [-0.3, -0.25) is 9.59 Å². The lowest BCUT2D eigenvalue weighted by Crippen LogP contribution is -2.10. The number of Topliss-reactive ketones (excluding diaryl/α,β-unsaturated/α-hetero) is 1. The van der Waals surface area contributed by atoms with Crippen LogP contribution < -0.4 is 4.74 Å². The summed E-state index contributed by atoms with van der Waals surface area (Å²) in [4.78, 5) is 22.3. The molecule has 0 aliphatic carbocycles. The predicted octanol–water partition coefficient (Wildman–Crippen LogP) is 3.54. The van der Waals surface area contributed by atoms with Gasteiger partial charge in [0.25, 0.3) is 0 Å². The Hall–Kier alpha value is -2.05. The molecule has 0 bridgehead atoms. The highest BCUT2D eigenvalue weighted by Gasteiger charge is 2.32. The normalized spacial score (nSPS) is 11.2. The largest absolute Gasteiger partial charge is 0.493 e. The van der Waals surface area contributed by atoms with Crippen molar-refractivity contribution >= 4 is 11.8 Å². The molecule has 21 heavy (non-hydrogen) atoms. The monoisotopic (exact) mass is 304 g/mol. The van der Waals surface area contributed by atoms with Gasteiger partial charge in [-0.2, -0.15) is 13.2 Å². The Bertz CT molecular complexity index is 523. The molecule has 0 radical (unpaired) electrons. The van der Waals surface area contributed by atoms with E-state index < -0.39 is 23.5 Å². The number of halogens is 3. The molecule has 0 saturated carbocycles.